The fourth-order valence-electron chi connectivity index (χ4n) is 3.70. The van der Waals surface area contributed by atoms with Gasteiger partial charge in [-0.3, -0.25) is 4.79 Å². The molecule has 5 atom stereocenters. The smallest absolute Gasteiger partial charge is 0.217 e. The first-order valence-corrected chi connectivity index (χ1v) is 8.54. The van der Waals surface area contributed by atoms with E-state index in [1.54, 1.807) is 0 Å². The third-order valence-corrected chi connectivity index (χ3v) is 4.95. The topological polar surface area (TPSA) is 99.0 Å². The maximum atomic E-state index is 11.2. The van der Waals surface area contributed by atoms with Crippen molar-refractivity contribution in [2.24, 2.45) is 5.92 Å². The Bertz CT molecular complexity index is 576. The van der Waals surface area contributed by atoms with Gasteiger partial charge in [0.25, 0.3) is 0 Å². The molecule has 1 heterocycles. The molecule has 0 spiro atoms. The predicted octanol–water partition coefficient (Wildman–Crippen LogP) is 0.543. The van der Waals surface area contributed by atoms with Crippen LogP contribution >= 0.6 is 0 Å². The number of carbonyl (C=O) groups excluding carboxylic acids is 1. The van der Waals surface area contributed by atoms with Gasteiger partial charge >= 0.3 is 0 Å². The molecule has 3 rings (SSSR count). The summed E-state index contributed by atoms with van der Waals surface area (Å²) in [5.74, 6) is 0.187. The van der Waals surface area contributed by atoms with Gasteiger partial charge in [-0.1, -0.05) is 31.1 Å². The number of hydrogen-bond acceptors (Lipinski definition) is 5. The van der Waals surface area contributed by atoms with Crippen molar-refractivity contribution in [2.75, 3.05) is 0 Å². The van der Waals surface area contributed by atoms with Gasteiger partial charge in [-0.2, -0.15) is 0 Å². The van der Waals surface area contributed by atoms with Crippen LogP contribution in [0.3, 0.4) is 0 Å². The monoisotopic (exact) mass is 335 g/mol. The lowest BCUT2D eigenvalue weighted by atomic mass is 9.92. The number of rotatable bonds is 3. The molecule has 4 N–H and O–H groups in total. The fourth-order valence-corrected chi connectivity index (χ4v) is 3.70. The molecule has 3 aliphatic rings. The van der Waals surface area contributed by atoms with E-state index in [9.17, 15) is 20.1 Å². The molecule has 0 aromatic rings. The summed E-state index contributed by atoms with van der Waals surface area (Å²) in [5.41, 5.74) is 1.78. The molecule has 1 saturated carbocycles. The second kappa shape index (κ2) is 7.19. The molecule has 2 aliphatic carbocycles. The fraction of sp³-hybridized carbons (Fsp3) is 0.611. The number of allylic oxidation sites excluding steroid dienone is 4. The number of carbonyl (C=O) groups is 1. The third kappa shape index (κ3) is 3.62. The predicted molar refractivity (Wildman–Crippen MR) is 87.8 cm³/mol. The third-order valence-electron chi connectivity index (χ3n) is 4.95. The Labute approximate surface area is 141 Å². The highest BCUT2D eigenvalue weighted by atomic mass is 16.6. The number of hydrogen-bond donors (Lipinski definition) is 4. The molecule has 0 aromatic heterocycles. The molecule has 0 aromatic carbocycles. The van der Waals surface area contributed by atoms with E-state index in [-0.39, 0.29) is 0 Å². The van der Waals surface area contributed by atoms with Crippen molar-refractivity contribution in [2.45, 2.75) is 63.3 Å². The maximum absolute atomic E-state index is 11.2. The number of ether oxygens (including phenoxy) is 1. The molecular formula is C18H25NO5. The summed E-state index contributed by atoms with van der Waals surface area (Å²) in [6, 6.07) is -1.05. The van der Waals surface area contributed by atoms with E-state index in [2.05, 4.69) is 11.4 Å². The van der Waals surface area contributed by atoms with E-state index in [1.807, 2.05) is 18.2 Å². The molecule has 6 heteroatoms. The van der Waals surface area contributed by atoms with Crippen LogP contribution in [0.25, 0.3) is 0 Å². The van der Waals surface area contributed by atoms with Crippen molar-refractivity contribution in [3.63, 3.8) is 0 Å². The summed E-state index contributed by atoms with van der Waals surface area (Å²) in [5, 5.41) is 33.0. The molecule has 1 amide bonds. The van der Waals surface area contributed by atoms with Crippen LogP contribution in [0.1, 0.15) is 32.6 Å². The van der Waals surface area contributed by atoms with Crippen LogP contribution in [-0.4, -0.2) is 51.9 Å². The average molecular weight is 335 g/mol. The van der Waals surface area contributed by atoms with E-state index < -0.39 is 36.6 Å². The molecule has 24 heavy (non-hydrogen) atoms. The standard InChI is InChI=1S/C18H25NO5/c1-10(20)19-14-15(21)16(22)17(24-18(14)23)13-7-6-12(9-13)8-11-4-2-3-5-11/h6-9,11,14-18,21-23H,2-5H2,1H3,(H,19,20)/b12-8-/t14-,15+,16+,17+,18?/m0/s1. The lowest BCUT2D eigenvalue weighted by Gasteiger charge is -2.41. The zero-order valence-electron chi connectivity index (χ0n) is 13.8. The van der Waals surface area contributed by atoms with E-state index >= 15 is 0 Å². The first-order chi connectivity index (χ1) is 11.5. The first kappa shape index (κ1) is 17.4. The lowest BCUT2D eigenvalue weighted by Crippen LogP contribution is -2.63. The Morgan fingerprint density at radius 1 is 1.21 bits per heavy atom. The minimum atomic E-state index is -1.38. The van der Waals surface area contributed by atoms with Gasteiger partial charge in [0.15, 0.2) is 6.29 Å². The maximum Gasteiger partial charge on any atom is 0.217 e. The second-order valence-electron chi connectivity index (χ2n) is 6.84. The van der Waals surface area contributed by atoms with Crippen LogP contribution in [0, 0.1) is 5.92 Å². The summed E-state index contributed by atoms with van der Waals surface area (Å²) < 4.78 is 5.47. The highest BCUT2D eigenvalue weighted by Gasteiger charge is 2.45. The Morgan fingerprint density at radius 3 is 2.58 bits per heavy atom. The first-order valence-electron chi connectivity index (χ1n) is 8.54. The van der Waals surface area contributed by atoms with Gasteiger partial charge in [0, 0.05) is 6.92 Å². The largest absolute Gasteiger partial charge is 0.388 e. The van der Waals surface area contributed by atoms with Gasteiger partial charge in [0.05, 0.1) is 0 Å². The van der Waals surface area contributed by atoms with Crippen LogP contribution in [0.2, 0.25) is 0 Å². The summed E-state index contributed by atoms with van der Waals surface area (Å²) in [7, 11) is 0. The minimum absolute atomic E-state index is 0.408. The van der Waals surface area contributed by atoms with Crippen molar-refractivity contribution in [1.29, 1.82) is 0 Å². The van der Waals surface area contributed by atoms with Gasteiger partial charge in [0.1, 0.15) is 24.4 Å². The van der Waals surface area contributed by atoms with Gasteiger partial charge in [-0.25, -0.2) is 0 Å². The van der Waals surface area contributed by atoms with E-state index in [1.165, 1.54) is 32.6 Å². The summed E-state index contributed by atoms with van der Waals surface area (Å²) in [6.07, 6.45) is 8.16. The Hall–Kier alpha value is -1.47. The molecule has 1 aliphatic heterocycles. The molecule has 0 bridgehead atoms. The number of amides is 1. The molecular weight excluding hydrogens is 310 g/mol. The van der Waals surface area contributed by atoms with Crippen LogP contribution in [0.15, 0.2) is 35.5 Å². The quantitative estimate of drug-likeness (QED) is 0.603. The van der Waals surface area contributed by atoms with Gasteiger partial charge in [-0.15, -0.1) is 0 Å². The van der Waals surface area contributed by atoms with Crippen molar-refractivity contribution in [3.05, 3.63) is 35.5 Å². The summed E-state index contributed by atoms with van der Waals surface area (Å²) in [4.78, 5) is 11.2. The molecule has 1 saturated heterocycles. The molecule has 132 valence electrons. The highest BCUT2D eigenvalue weighted by molar-refractivity contribution is 5.73. The second-order valence-corrected chi connectivity index (χ2v) is 6.84. The number of aliphatic hydroxyl groups is 3. The van der Waals surface area contributed by atoms with E-state index in [0.29, 0.717) is 11.5 Å². The van der Waals surface area contributed by atoms with Crippen LogP contribution in [0.5, 0.6) is 0 Å². The highest BCUT2D eigenvalue weighted by Crippen LogP contribution is 2.32. The van der Waals surface area contributed by atoms with Crippen molar-refractivity contribution in [1.82, 2.24) is 5.32 Å². The van der Waals surface area contributed by atoms with Gasteiger partial charge in [0.2, 0.25) is 5.91 Å². The normalized spacial score (nSPS) is 38.6. The Morgan fingerprint density at radius 2 is 1.92 bits per heavy atom. The van der Waals surface area contributed by atoms with Crippen LogP contribution in [0.4, 0.5) is 0 Å². The van der Waals surface area contributed by atoms with Crippen molar-refractivity contribution in [3.8, 4) is 0 Å². The molecule has 0 radical (unpaired) electrons. The van der Waals surface area contributed by atoms with E-state index in [0.717, 1.165) is 5.57 Å². The number of aliphatic hydroxyl groups excluding tert-OH is 3. The van der Waals surface area contributed by atoms with Gasteiger partial charge in [-0.05, 0) is 36.0 Å². The lowest BCUT2D eigenvalue weighted by molar-refractivity contribution is -0.236. The van der Waals surface area contributed by atoms with Crippen molar-refractivity contribution < 1.29 is 24.9 Å². The zero-order chi connectivity index (χ0) is 17.3. The van der Waals surface area contributed by atoms with Crippen LogP contribution in [-0.2, 0) is 9.53 Å². The zero-order valence-corrected chi connectivity index (χ0v) is 13.8. The molecule has 2 fully saturated rings. The Balaban J connectivity index is 1.71. The van der Waals surface area contributed by atoms with Gasteiger partial charge < -0.3 is 25.4 Å². The molecule has 6 nitrogen and oxygen atoms in total. The SMILES string of the molecule is CC(=O)N[C@@H]1C(O)O[C@H](C2=C/C(=C\C3CCCC3)C=C2)[C@H](O)[C@@H]1O. The Kier molecular flexibility index (Phi) is 5.20. The summed E-state index contributed by atoms with van der Waals surface area (Å²) in [6.45, 7) is 1.28. The number of nitrogens with one attached hydrogen (secondary N) is 1. The van der Waals surface area contributed by atoms with Crippen LogP contribution < -0.4 is 5.32 Å². The molecule has 1 unspecified atom stereocenters. The van der Waals surface area contributed by atoms with Crippen molar-refractivity contribution >= 4 is 5.91 Å². The minimum Gasteiger partial charge on any atom is -0.388 e. The summed E-state index contributed by atoms with van der Waals surface area (Å²) >= 11 is 0. The average Bonchev–Trinajstić information content (AvgIpc) is 3.19. The van der Waals surface area contributed by atoms with E-state index in [4.69, 9.17) is 4.74 Å².